The second-order valence-corrected chi connectivity index (χ2v) is 10.5. The molecule has 1 aliphatic carbocycles. The summed E-state index contributed by atoms with van der Waals surface area (Å²) < 4.78 is 62.0. The lowest BCUT2D eigenvalue weighted by molar-refractivity contribution is -0.138. The molecule has 0 aromatic heterocycles. The first-order chi connectivity index (χ1) is 16.3. The first kappa shape index (κ1) is 24.4. The van der Waals surface area contributed by atoms with Crippen molar-refractivity contribution in [3.8, 4) is 11.5 Å². The number of amides is 1. The highest BCUT2D eigenvalue weighted by Crippen LogP contribution is 2.35. The molecule has 0 atom stereocenters. The average Bonchev–Trinajstić information content (AvgIpc) is 3.68. The SMILES string of the molecule is COc1cc(CN(C(=O)C2CCN(S(=O)(=O)c3ccccc3)CC2)C2CC2)ccc1OC(F)F. The molecule has 1 amide bonds. The zero-order valence-corrected chi connectivity index (χ0v) is 19.7. The molecule has 7 nitrogen and oxygen atoms in total. The Bertz CT molecular complexity index is 1100. The fraction of sp³-hybridized carbons (Fsp3) is 0.458. The normalized spacial score (nSPS) is 17.5. The highest BCUT2D eigenvalue weighted by atomic mass is 32.2. The minimum absolute atomic E-state index is 0.00568. The molecule has 1 heterocycles. The predicted molar refractivity (Wildman–Crippen MR) is 121 cm³/mol. The van der Waals surface area contributed by atoms with Gasteiger partial charge < -0.3 is 14.4 Å². The minimum Gasteiger partial charge on any atom is -0.493 e. The second kappa shape index (κ2) is 10.3. The number of carbonyl (C=O) groups excluding carboxylic acids is 1. The van der Waals surface area contributed by atoms with Gasteiger partial charge in [-0.2, -0.15) is 13.1 Å². The van der Waals surface area contributed by atoms with Crippen molar-refractivity contribution in [2.24, 2.45) is 5.92 Å². The van der Waals surface area contributed by atoms with Crippen LogP contribution in [0.15, 0.2) is 53.4 Å². The van der Waals surface area contributed by atoms with Gasteiger partial charge in [-0.05, 0) is 55.5 Å². The van der Waals surface area contributed by atoms with Gasteiger partial charge in [0.15, 0.2) is 11.5 Å². The van der Waals surface area contributed by atoms with Crippen LogP contribution in [0.3, 0.4) is 0 Å². The number of halogens is 2. The van der Waals surface area contributed by atoms with Crippen LogP contribution in [-0.2, 0) is 21.4 Å². The van der Waals surface area contributed by atoms with Gasteiger partial charge in [-0.1, -0.05) is 24.3 Å². The van der Waals surface area contributed by atoms with Gasteiger partial charge in [-0.3, -0.25) is 4.79 Å². The number of hydrogen-bond donors (Lipinski definition) is 0. The molecule has 184 valence electrons. The van der Waals surface area contributed by atoms with E-state index in [4.69, 9.17) is 4.74 Å². The predicted octanol–water partition coefficient (Wildman–Crippen LogP) is 3.89. The number of hydrogen-bond acceptors (Lipinski definition) is 5. The number of piperidine rings is 1. The average molecular weight is 495 g/mol. The van der Waals surface area contributed by atoms with Crippen LogP contribution in [-0.4, -0.2) is 56.4 Å². The van der Waals surface area contributed by atoms with Crippen molar-refractivity contribution < 1.29 is 31.5 Å². The smallest absolute Gasteiger partial charge is 0.387 e. The van der Waals surface area contributed by atoms with E-state index in [0.29, 0.717) is 32.5 Å². The van der Waals surface area contributed by atoms with Crippen LogP contribution in [0.1, 0.15) is 31.2 Å². The lowest BCUT2D eigenvalue weighted by Gasteiger charge is -2.34. The summed E-state index contributed by atoms with van der Waals surface area (Å²) in [4.78, 5) is 15.5. The third-order valence-electron chi connectivity index (χ3n) is 6.25. The summed E-state index contributed by atoms with van der Waals surface area (Å²) in [6.45, 7) is -2.04. The van der Waals surface area contributed by atoms with E-state index in [2.05, 4.69) is 4.74 Å². The van der Waals surface area contributed by atoms with Crippen molar-refractivity contribution in [2.75, 3.05) is 20.2 Å². The maximum absolute atomic E-state index is 13.4. The molecular weight excluding hydrogens is 466 g/mol. The Balaban J connectivity index is 1.42. The van der Waals surface area contributed by atoms with Crippen LogP contribution < -0.4 is 9.47 Å². The molecule has 1 aliphatic heterocycles. The lowest BCUT2D eigenvalue weighted by atomic mass is 9.96. The molecule has 2 aromatic carbocycles. The van der Waals surface area contributed by atoms with E-state index in [1.165, 1.54) is 17.5 Å². The van der Waals surface area contributed by atoms with Crippen LogP contribution in [0.4, 0.5) is 8.78 Å². The molecule has 2 aromatic rings. The van der Waals surface area contributed by atoms with Gasteiger partial charge in [0.05, 0.1) is 12.0 Å². The summed E-state index contributed by atoms with van der Waals surface area (Å²) in [5.74, 6) is -0.129. The zero-order valence-electron chi connectivity index (χ0n) is 18.9. The topological polar surface area (TPSA) is 76.2 Å². The minimum atomic E-state index is -3.58. The molecule has 0 bridgehead atoms. The molecule has 0 spiro atoms. The van der Waals surface area contributed by atoms with Gasteiger partial charge in [-0.25, -0.2) is 8.42 Å². The fourth-order valence-corrected chi connectivity index (χ4v) is 5.78. The van der Waals surface area contributed by atoms with Crippen LogP contribution >= 0.6 is 0 Å². The molecule has 10 heteroatoms. The number of alkyl halides is 2. The van der Waals surface area contributed by atoms with Gasteiger partial charge in [0.25, 0.3) is 0 Å². The fourth-order valence-electron chi connectivity index (χ4n) is 4.29. The van der Waals surface area contributed by atoms with E-state index in [-0.39, 0.29) is 34.3 Å². The molecule has 0 unspecified atom stereocenters. The third-order valence-corrected chi connectivity index (χ3v) is 8.16. The summed E-state index contributed by atoms with van der Waals surface area (Å²) in [6.07, 6.45) is 2.74. The molecule has 2 fully saturated rings. The van der Waals surface area contributed by atoms with Gasteiger partial charge in [0.1, 0.15) is 0 Å². The number of nitrogens with zero attached hydrogens (tertiary/aromatic N) is 2. The summed E-state index contributed by atoms with van der Waals surface area (Å²) in [5.41, 5.74) is 0.753. The number of methoxy groups -OCH3 is 1. The molecule has 0 radical (unpaired) electrons. The molecule has 0 N–H and O–H groups in total. The summed E-state index contributed by atoms with van der Waals surface area (Å²) in [7, 11) is -2.20. The monoisotopic (exact) mass is 494 g/mol. The Kier molecular flexibility index (Phi) is 7.37. The summed E-state index contributed by atoms with van der Waals surface area (Å²) in [6, 6.07) is 13.1. The number of rotatable bonds is 9. The number of carbonyl (C=O) groups is 1. The second-order valence-electron chi connectivity index (χ2n) is 8.55. The van der Waals surface area contributed by atoms with Crippen molar-refractivity contribution in [3.63, 3.8) is 0 Å². The van der Waals surface area contributed by atoms with E-state index >= 15 is 0 Å². The highest BCUT2D eigenvalue weighted by molar-refractivity contribution is 7.89. The first-order valence-electron chi connectivity index (χ1n) is 11.3. The lowest BCUT2D eigenvalue weighted by Crippen LogP contribution is -2.44. The molecule has 1 saturated carbocycles. The van der Waals surface area contributed by atoms with Crippen LogP contribution in [0.25, 0.3) is 0 Å². The van der Waals surface area contributed by atoms with Gasteiger partial charge >= 0.3 is 6.61 Å². The molecule has 4 rings (SSSR count). The molecule has 2 aliphatic rings. The Hall–Kier alpha value is -2.72. The molecule has 1 saturated heterocycles. The van der Waals surface area contributed by atoms with Gasteiger partial charge in [-0.15, -0.1) is 0 Å². The van der Waals surface area contributed by atoms with Crippen molar-refractivity contribution in [2.45, 2.75) is 49.8 Å². The summed E-state index contributed by atoms with van der Waals surface area (Å²) in [5, 5.41) is 0. The molecular formula is C24H28F2N2O5S. The number of sulfonamides is 1. The molecule has 34 heavy (non-hydrogen) atoms. The Morgan fingerprint density at radius 3 is 2.32 bits per heavy atom. The van der Waals surface area contributed by atoms with Gasteiger partial charge in [0.2, 0.25) is 15.9 Å². The van der Waals surface area contributed by atoms with E-state index in [1.54, 1.807) is 42.5 Å². The van der Waals surface area contributed by atoms with Crippen LogP contribution in [0.5, 0.6) is 11.5 Å². The van der Waals surface area contributed by atoms with E-state index in [9.17, 15) is 22.0 Å². The van der Waals surface area contributed by atoms with E-state index in [1.807, 2.05) is 4.90 Å². The maximum atomic E-state index is 13.4. The Morgan fingerprint density at radius 1 is 1.06 bits per heavy atom. The third kappa shape index (κ3) is 5.50. The first-order valence-corrected chi connectivity index (χ1v) is 12.7. The Morgan fingerprint density at radius 2 is 1.74 bits per heavy atom. The van der Waals surface area contributed by atoms with Crippen molar-refractivity contribution >= 4 is 15.9 Å². The van der Waals surface area contributed by atoms with Crippen molar-refractivity contribution in [3.05, 3.63) is 54.1 Å². The van der Waals surface area contributed by atoms with Gasteiger partial charge in [0, 0.05) is 31.6 Å². The largest absolute Gasteiger partial charge is 0.493 e. The zero-order chi connectivity index (χ0) is 24.3. The van der Waals surface area contributed by atoms with Crippen LogP contribution in [0, 0.1) is 5.92 Å². The number of ether oxygens (including phenoxy) is 2. The van der Waals surface area contributed by atoms with E-state index in [0.717, 1.165) is 18.4 Å². The van der Waals surface area contributed by atoms with Crippen molar-refractivity contribution in [1.82, 2.24) is 9.21 Å². The quantitative estimate of drug-likeness (QED) is 0.529. The number of benzene rings is 2. The maximum Gasteiger partial charge on any atom is 0.387 e. The van der Waals surface area contributed by atoms with Crippen LogP contribution in [0.2, 0.25) is 0 Å². The summed E-state index contributed by atoms with van der Waals surface area (Å²) >= 11 is 0. The highest BCUT2D eigenvalue weighted by Gasteiger charge is 2.38. The Labute approximate surface area is 198 Å². The standard InChI is InChI=1S/C24H28F2N2O5S/c1-32-22-15-17(7-10-21(22)33-24(25)26)16-28(19-8-9-19)23(29)18-11-13-27(14-12-18)34(30,31)20-5-3-2-4-6-20/h2-7,10,15,18-19,24H,8-9,11-14,16H2,1H3. The van der Waals surface area contributed by atoms with Crippen molar-refractivity contribution in [1.29, 1.82) is 0 Å². The van der Waals surface area contributed by atoms with E-state index < -0.39 is 16.6 Å².